The molecule has 0 amide bonds. The zero-order valence-electron chi connectivity index (χ0n) is 19.3. The van der Waals surface area contributed by atoms with E-state index in [4.69, 9.17) is 4.74 Å². The first-order valence-corrected chi connectivity index (χ1v) is 13.0. The van der Waals surface area contributed by atoms with Crippen LogP contribution in [0.1, 0.15) is 85.5 Å². The number of benzene rings is 1. The summed E-state index contributed by atoms with van der Waals surface area (Å²) < 4.78 is 19.4. The van der Waals surface area contributed by atoms with Crippen LogP contribution < -0.4 is 4.74 Å². The highest BCUT2D eigenvalue weighted by molar-refractivity contribution is 7.94. The first-order valence-electron chi connectivity index (χ1n) is 12.3. The highest BCUT2D eigenvalue weighted by Crippen LogP contribution is 2.70. The predicted octanol–water partition coefficient (Wildman–Crippen LogP) is 8.48. The first-order chi connectivity index (χ1) is 14.3. The molecule has 4 saturated carbocycles. The van der Waals surface area contributed by atoms with Gasteiger partial charge in [0.2, 0.25) is 0 Å². The summed E-state index contributed by atoms with van der Waals surface area (Å²) in [4.78, 5) is 0.651. The van der Waals surface area contributed by atoms with Gasteiger partial charge >= 0.3 is 0 Å². The molecule has 0 aromatic heterocycles. The van der Waals surface area contributed by atoms with Gasteiger partial charge in [0.15, 0.2) is 0 Å². The molecule has 0 bridgehead atoms. The van der Waals surface area contributed by atoms with Crippen molar-refractivity contribution in [3.63, 3.8) is 0 Å². The molecular weight excluding hydrogens is 391 g/mol. The summed E-state index contributed by atoms with van der Waals surface area (Å²) in [5.41, 5.74) is 1.27. The van der Waals surface area contributed by atoms with Gasteiger partial charge in [-0.05, 0) is 104 Å². The van der Waals surface area contributed by atoms with Gasteiger partial charge in [0, 0.05) is 10.3 Å². The molecule has 0 heterocycles. The highest BCUT2D eigenvalue weighted by Gasteiger charge is 2.64. The second-order valence-electron chi connectivity index (χ2n) is 12.2. The summed E-state index contributed by atoms with van der Waals surface area (Å²) in [6, 6.07) is 7.56. The molecule has 0 N–H and O–H groups in total. The van der Waals surface area contributed by atoms with Crippen molar-refractivity contribution in [3.8, 4) is 5.75 Å². The van der Waals surface area contributed by atoms with Crippen molar-refractivity contribution in [2.24, 2.45) is 39.9 Å². The van der Waals surface area contributed by atoms with E-state index in [1.807, 2.05) is 24.3 Å². The van der Waals surface area contributed by atoms with Gasteiger partial charge in [-0.2, -0.15) is 3.89 Å². The number of hydrogen-bond donors (Lipinski definition) is 0. The Morgan fingerprint density at radius 1 is 0.867 bits per heavy atom. The van der Waals surface area contributed by atoms with Crippen LogP contribution >= 0.6 is 12.1 Å². The van der Waals surface area contributed by atoms with Gasteiger partial charge in [0.1, 0.15) is 11.9 Å². The van der Waals surface area contributed by atoms with Crippen molar-refractivity contribution < 1.29 is 8.62 Å². The molecule has 30 heavy (non-hydrogen) atoms. The highest BCUT2D eigenvalue weighted by atomic mass is 32.2. The topological polar surface area (TPSA) is 9.23 Å². The summed E-state index contributed by atoms with van der Waals surface area (Å²) >= 11 is 0.303. The molecule has 7 atom stereocenters. The Hall–Kier alpha value is -0.700. The lowest BCUT2D eigenvalue weighted by Crippen LogP contribution is -2.59. The fourth-order valence-electron chi connectivity index (χ4n) is 8.87. The average molecular weight is 431 g/mol. The predicted molar refractivity (Wildman–Crippen MR) is 123 cm³/mol. The van der Waals surface area contributed by atoms with E-state index in [9.17, 15) is 3.89 Å². The molecule has 4 aliphatic carbocycles. The molecule has 1 aromatic rings. The van der Waals surface area contributed by atoms with E-state index in [1.165, 1.54) is 57.8 Å². The minimum atomic E-state index is 0.268. The second kappa shape index (κ2) is 7.42. The maximum Gasteiger partial charge on any atom is 0.119 e. The first kappa shape index (κ1) is 21.2. The third-order valence-electron chi connectivity index (χ3n) is 10.3. The molecule has 0 aliphatic heterocycles. The quantitative estimate of drug-likeness (QED) is 0.475. The van der Waals surface area contributed by atoms with E-state index >= 15 is 0 Å². The number of rotatable bonds is 3. The van der Waals surface area contributed by atoms with E-state index in [1.54, 1.807) is 0 Å². The van der Waals surface area contributed by atoms with Gasteiger partial charge in [0.05, 0.1) is 12.1 Å². The molecule has 4 fully saturated rings. The van der Waals surface area contributed by atoms with E-state index < -0.39 is 0 Å². The maximum atomic E-state index is 12.8. The summed E-state index contributed by atoms with van der Waals surface area (Å²) in [6.07, 6.45) is 12.7. The van der Waals surface area contributed by atoms with E-state index in [-0.39, 0.29) is 5.41 Å². The summed E-state index contributed by atoms with van der Waals surface area (Å²) in [5, 5.41) is 0. The second-order valence-corrected chi connectivity index (χ2v) is 12.8. The lowest BCUT2D eigenvalue weighted by Gasteiger charge is -2.65. The minimum absolute atomic E-state index is 0.268. The van der Waals surface area contributed by atoms with Crippen molar-refractivity contribution in [2.75, 3.05) is 0 Å². The molecule has 1 nitrogen and oxygen atoms in total. The Morgan fingerprint density at radius 3 is 2.33 bits per heavy atom. The van der Waals surface area contributed by atoms with Gasteiger partial charge in [0.25, 0.3) is 0 Å². The largest absolute Gasteiger partial charge is 0.490 e. The molecule has 2 unspecified atom stereocenters. The Kier molecular flexibility index (Phi) is 5.24. The molecule has 4 aliphatic rings. The van der Waals surface area contributed by atoms with E-state index in [0.29, 0.717) is 34.0 Å². The van der Waals surface area contributed by atoms with E-state index in [0.717, 1.165) is 29.4 Å². The van der Waals surface area contributed by atoms with Gasteiger partial charge in [-0.3, -0.25) is 0 Å². The fourth-order valence-corrected chi connectivity index (χ4v) is 9.11. The van der Waals surface area contributed by atoms with Gasteiger partial charge < -0.3 is 4.74 Å². The minimum Gasteiger partial charge on any atom is -0.490 e. The van der Waals surface area contributed by atoms with Crippen molar-refractivity contribution in [1.82, 2.24) is 0 Å². The van der Waals surface area contributed by atoms with Crippen LogP contribution in [0.4, 0.5) is 3.89 Å². The van der Waals surface area contributed by atoms with Crippen LogP contribution in [0, 0.1) is 39.9 Å². The summed E-state index contributed by atoms with van der Waals surface area (Å²) in [6.45, 7) is 10.4. The molecule has 0 radical (unpaired) electrons. The SMILES string of the molecule is CC1(C)CC2CCCC[C@]2(C)[C@@H]2CC[C@]3(C)C(Oc4ccc(SF)cc4)CC[C@H]3[C@@H]21. The number of fused-ring (bicyclic) bond motifs is 5. The van der Waals surface area contributed by atoms with Crippen LogP contribution in [0.15, 0.2) is 29.2 Å². The van der Waals surface area contributed by atoms with Crippen molar-refractivity contribution >= 4 is 12.1 Å². The summed E-state index contributed by atoms with van der Waals surface area (Å²) in [5.74, 6) is 4.34. The smallest absolute Gasteiger partial charge is 0.119 e. The third kappa shape index (κ3) is 3.16. The average Bonchev–Trinajstić information content (AvgIpc) is 3.05. The Morgan fingerprint density at radius 2 is 1.60 bits per heavy atom. The maximum absolute atomic E-state index is 12.8. The van der Waals surface area contributed by atoms with Crippen LogP contribution in [-0.4, -0.2) is 6.10 Å². The molecular formula is C27H39FOS. The molecule has 0 spiro atoms. The van der Waals surface area contributed by atoms with Gasteiger partial charge in [-0.25, -0.2) is 0 Å². The molecule has 0 saturated heterocycles. The van der Waals surface area contributed by atoms with Crippen LogP contribution in [0.3, 0.4) is 0 Å². The Balaban J connectivity index is 1.41. The molecule has 5 rings (SSSR count). The number of hydrogen-bond acceptors (Lipinski definition) is 2. The van der Waals surface area contributed by atoms with Gasteiger partial charge in [-0.1, -0.05) is 40.5 Å². The monoisotopic (exact) mass is 430 g/mol. The lowest BCUT2D eigenvalue weighted by atomic mass is 9.40. The van der Waals surface area contributed by atoms with Crippen LogP contribution in [0.2, 0.25) is 0 Å². The molecule has 1 aromatic carbocycles. The Labute approximate surface area is 187 Å². The lowest BCUT2D eigenvalue weighted by molar-refractivity contribution is -0.169. The normalized spacial score (nSPS) is 44.6. The Bertz CT molecular complexity index is 776. The van der Waals surface area contributed by atoms with Crippen molar-refractivity contribution in [2.45, 2.75) is 96.5 Å². The number of ether oxygens (including phenoxy) is 1. The van der Waals surface area contributed by atoms with Crippen molar-refractivity contribution in [1.29, 1.82) is 0 Å². The zero-order valence-corrected chi connectivity index (χ0v) is 20.1. The van der Waals surface area contributed by atoms with E-state index in [2.05, 4.69) is 27.7 Å². The van der Waals surface area contributed by atoms with Crippen molar-refractivity contribution in [3.05, 3.63) is 24.3 Å². The fraction of sp³-hybridized carbons (Fsp3) is 0.778. The van der Waals surface area contributed by atoms with Gasteiger partial charge in [-0.15, -0.1) is 0 Å². The van der Waals surface area contributed by atoms with Crippen LogP contribution in [0.25, 0.3) is 0 Å². The van der Waals surface area contributed by atoms with Crippen LogP contribution in [0.5, 0.6) is 5.75 Å². The molecule has 3 heteroatoms. The summed E-state index contributed by atoms with van der Waals surface area (Å²) in [7, 11) is 0. The number of halogens is 1. The van der Waals surface area contributed by atoms with Crippen LogP contribution in [-0.2, 0) is 0 Å². The zero-order chi connectivity index (χ0) is 21.1. The molecule has 166 valence electrons. The standard InChI is InChI=1S/C27H39FOS/c1-25(2)17-18-7-5-6-15-26(18,3)22-14-16-27(4)21(24(22)25)12-13-23(27)29-19-8-10-20(30-28)11-9-19/h8-11,18,21-24H,5-7,12-17H2,1-4H3/t18?,21-,22+,23?,24-,26-,27-/m0/s1. The third-order valence-corrected chi connectivity index (χ3v) is 10.8.